The summed E-state index contributed by atoms with van der Waals surface area (Å²) >= 11 is 11.7. The van der Waals surface area contributed by atoms with Crippen LogP contribution in [0.15, 0.2) is 30.5 Å². The number of rotatable bonds is 3. The SMILES string of the molecule is CN(Cc1ccnn1C)C(=O)c1ccc(Cl)c(Cl)c1. The summed E-state index contributed by atoms with van der Waals surface area (Å²) in [7, 11) is 3.57. The second-order valence-electron chi connectivity index (χ2n) is 4.24. The summed E-state index contributed by atoms with van der Waals surface area (Å²) in [5.41, 5.74) is 1.47. The minimum absolute atomic E-state index is 0.111. The molecular weight excluding hydrogens is 285 g/mol. The number of benzene rings is 1. The molecule has 1 heterocycles. The highest BCUT2D eigenvalue weighted by Gasteiger charge is 2.14. The molecule has 0 spiro atoms. The molecule has 0 aliphatic carbocycles. The molecule has 100 valence electrons. The summed E-state index contributed by atoms with van der Waals surface area (Å²) in [4.78, 5) is 13.8. The third-order valence-corrected chi connectivity index (χ3v) is 3.57. The van der Waals surface area contributed by atoms with E-state index in [2.05, 4.69) is 5.10 Å². The first-order valence-corrected chi connectivity index (χ1v) is 6.42. The van der Waals surface area contributed by atoms with Crippen LogP contribution in [0.3, 0.4) is 0 Å². The molecule has 0 fully saturated rings. The summed E-state index contributed by atoms with van der Waals surface area (Å²) in [5, 5.41) is 4.88. The number of carbonyl (C=O) groups excluding carboxylic acids is 1. The Hall–Kier alpha value is -1.52. The standard InChI is InChI=1S/C13H13Cl2N3O/c1-17(8-10-5-6-16-18(10)2)13(19)9-3-4-11(14)12(15)7-9/h3-7H,8H2,1-2H3. The minimum Gasteiger partial charge on any atom is -0.336 e. The molecule has 1 amide bonds. The minimum atomic E-state index is -0.111. The first kappa shape index (κ1) is 13.9. The van der Waals surface area contributed by atoms with Crippen molar-refractivity contribution in [3.63, 3.8) is 0 Å². The van der Waals surface area contributed by atoms with Gasteiger partial charge in [-0.2, -0.15) is 5.10 Å². The highest BCUT2D eigenvalue weighted by atomic mass is 35.5. The Bertz CT molecular complexity index is 610. The van der Waals surface area contributed by atoms with E-state index in [1.807, 2.05) is 13.1 Å². The Labute approximate surface area is 121 Å². The Balaban J connectivity index is 2.15. The van der Waals surface area contributed by atoms with E-state index in [0.29, 0.717) is 22.2 Å². The third-order valence-electron chi connectivity index (χ3n) is 2.83. The molecular formula is C13H13Cl2N3O. The van der Waals surface area contributed by atoms with Crippen LogP contribution < -0.4 is 0 Å². The number of aromatic nitrogens is 2. The highest BCUT2D eigenvalue weighted by molar-refractivity contribution is 6.42. The maximum absolute atomic E-state index is 12.2. The van der Waals surface area contributed by atoms with Crippen molar-refractivity contribution in [2.24, 2.45) is 7.05 Å². The fourth-order valence-electron chi connectivity index (χ4n) is 1.72. The molecule has 6 heteroatoms. The Morgan fingerprint density at radius 1 is 1.32 bits per heavy atom. The maximum Gasteiger partial charge on any atom is 0.254 e. The molecule has 0 saturated carbocycles. The van der Waals surface area contributed by atoms with Crippen molar-refractivity contribution in [1.29, 1.82) is 0 Å². The highest BCUT2D eigenvalue weighted by Crippen LogP contribution is 2.23. The van der Waals surface area contributed by atoms with Crippen molar-refractivity contribution in [2.45, 2.75) is 6.54 Å². The predicted octanol–water partition coefficient (Wildman–Crippen LogP) is 3.00. The zero-order valence-corrected chi connectivity index (χ0v) is 12.1. The van der Waals surface area contributed by atoms with Crippen LogP contribution in [0.4, 0.5) is 0 Å². The normalized spacial score (nSPS) is 10.5. The van der Waals surface area contributed by atoms with Gasteiger partial charge in [0.25, 0.3) is 5.91 Å². The second-order valence-corrected chi connectivity index (χ2v) is 5.05. The molecule has 0 aliphatic rings. The van der Waals surface area contributed by atoms with Gasteiger partial charge in [-0.05, 0) is 24.3 Å². The molecule has 1 aromatic carbocycles. The largest absolute Gasteiger partial charge is 0.336 e. The molecule has 0 unspecified atom stereocenters. The van der Waals surface area contributed by atoms with Crippen LogP contribution in [0, 0.1) is 0 Å². The van der Waals surface area contributed by atoms with Crippen molar-refractivity contribution < 1.29 is 4.79 Å². The molecule has 0 atom stereocenters. The molecule has 0 saturated heterocycles. The number of hydrogen-bond donors (Lipinski definition) is 0. The average Bonchev–Trinajstić information content (AvgIpc) is 2.77. The van der Waals surface area contributed by atoms with Crippen LogP contribution in [0.5, 0.6) is 0 Å². The molecule has 4 nitrogen and oxygen atoms in total. The van der Waals surface area contributed by atoms with Crippen LogP contribution >= 0.6 is 23.2 Å². The Morgan fingerprint density at radius 3 is 2.63 bits per heavy atom. The van der Waals surface area contributed by atoms with Crippen molar-refractivity contribution in [1.82, 2.24) is 14.7 Å². The van der Waals surface area contributed by atoms with Crippen molar-refractivity contribution in [3.05, 3.63) is 51.8 Å². The quantitative estimate of drug-likeness (QED) is 0.873. The van der Waals surface area contributed by atoms with E-state index in [1.165, 1.54) is 0 Å². The van der Waals surface area contributed by atoms with Crippen LogP contribution in [-0.4, -0.2) is 27.6 Å². The van der Waals surface area contributed by atoms with Gasteiger partial charge in [0, 0.05) is 25.9 Å². The van der Waals surface area contributed by atoms with Gasteiger partial charge >= 0.3 is 0 Å². The zero-order valence-electron chi connectivity index (χ0n) is 10.6. The van der Waals surface area contributed by atoms with E-state index in [4.69, 9.17) is 23.2 Å². The number of amides is 1. The van der Waals surface area contributed by atoms with E-state index in [1.54, 1.807) is 41.0 Å². The van der Waals surface area contributed by atoms with Crippen LogP contribution in [0.1, 0.15) is 16.1 Å². The lowest BCUT2D eigenvalue weighted by Gasteiger charge is -2.17. The summed E-state index contributed by atoms with van der Waals surface area (Å²) < 4.78 is 1.73. The number of halogens is 2. The summed E-state index contributed by atoms with van der Waals surface area (Å²) in [6.45, 7) is 0.482. The lowest BCUT2D eigenvalue weighted by Crippen LogP contribution is -2.27. The fraction of sp³-hybridized carbons (Fsp3) is 0.231. The van der Waals surface area contributed by atoms with Crippen LogP contribution in [0.25, 0.3) is 0 Å². The number of hydrogen-bond acceptors (Lipinski definition) is 2. The summed E-state index contributed by atoms with van der Waals surface area (Å²) in [6, 6.07) is 6.73. The van der Waals surface area contributed by atoms with Gasteiger partial charge in [0.05, 0.1) is 22.3 Å². The molecule has 0 aliphatic heterocycles. The average molecular weight is 298 g/mol. The molecule has 19 heavy (non-hydrogen) atoms. The Kier molecular flexibility index (Phi) is 4.12. The van der Waals surface area contributed by atoms with Gasteiger partial charge in [0.15, 0.2) is 0 Å². The lowest BCUT2D eigenvalue weighted by molar-refractivity contribution is 0.0782. The molecule has 0 radical (unpaired) electrons. The van der Waals surface area contributed by atoms with Gasteiger partial charge in [-0.1, -0.05) is 23.2 Å². The van der Waals surface area contributed by atoms with E-state index < -0.39 is 0 Å². The van der Waals surface area contributed by atoms with Gasteiger partial charge in [-0.3, -0.25) is 9.48 Å². The summed E-state index contributed by atoms with van der Waals surface area (Å²) in [6.07, 6.45) is 1.70. The number of nitrogens with zero attached hydrogens (tertiary/aromatic N) is 3. The van der Waals surface area contributed by atoms with E-state index in [0.717, 1.165) is 5.69 Å². The number of aryl methyl sites for hydroxylation is 1. The van der Waals surface area contributed by atoms with Gasteiger partial charge in [0.1, 0.15) is 0 Å². The number of carbonyl (C=O) groups is 1. The molecule has 1 aromatic heterocycles. The van der Waals surface area contributed by atoms with Crippen molar-refractivity contribution in [3.8, 4) is 0 Å². The second kappa shape index (κ2) is 5.63. The first-order chi connectivity index (χ1) is 8.99. The third kappa shape index (κ3) is 3.08. The Morgan fingerprint density at radius 2 is 2.05 bits per heavy atom. The van der Waals surface area contributed by atoms with Crippen LogP contribution in [-0.2, 0) is 13.6 Å². The molecule has 2 aromatic rings. The van der Waals surface area contributed by atoms with E-state index >= 15 is 0 Å². The molecule has 0 N–H and O–H groups in total. The topological polar surface area (TPSA) is 38.1 Å². The van der Waals surface area contributed by atoms with Gasteiger partial charge in [-0.15, -0.1) is 0 Å². The smallest absolute Gasteiger partial charge is 0.254 e. The van der Waals surface area contributed by atoms with Gasteiger partial charge in [-0.25, -0.2) is 0 Å². The molecule has 0 bridgehead atoms. The predicted molar refractivity (Wildman–Crippen MR) is 75.5 cm³/mol. The molecule has 2 rings (SSSR count). The zero-order chi connectivity index (χ0) is 14.0. The van der Waals surface area contributed by atoms with Gasteiger partial charge < -0.3 is 4.90 Å². The first-order valence-electron chi connectivity index (χ1n) is 5.66. The lowest BCUT2D eigenvalue weighted by atomic mass is 10.2. The monoisotopic (exact) mass is 297 g/mol. The van der Waals surface area contributed by atoms with Gasteiger partial charge in [0.2, 0.25) is 0 Å². The van der Waals surface area contributed by atoms with Crippen molar-refractivity contribution >= 4 is 29.1 Å². The van der Waals surface area contributed by atoms with E-state index in [9.17, 15) is 4.79 Å². The van der Waals surface area contributed by atoms with Crippen molar-refractivity contribution in [2.75, 3.05) is 7.05 Å². The van der Waals surface area contributed by atoms with Crippen LogP contribution in [0.2, 0.25) is 10.0 Å². The summed E-state index contributed by atoms with van der Waals surface area (Å²) in [5.74, 6) is -0.111. The maximum atomic E-state index is 12.2. The fourth-order valence-corrected chi connectivity index (χ4v) is 2.02. The van der Waals surface area contributed by atoms with E-state index in [-0.39, 0.29) is 5.91 Å².